The Morgan fingerprint density at radius 1 is 1.14 bits per heavy atom. The zero-order valence-electron chi connectivity index (χ0n) is 13.3. The van der Waals surface area contributed by atoms with E-state index in [1.165, 1.54) is 6.42 Å². The van der Waals surface area contributed by atoms with Gasteiger partial charge in [0.2, 0.25) is 0 Å². The van der Waals surface area contributed by atoms with Crippen molar-refractivity contribution in [2.45, 2.75) is 64.9 Å². The first-order valence-electron chi connectivity index (χ1n) is 7.86. The van der Waals surface area contributed by atoms with Crippen LogP contribution in [0.15, 0.2) is 18.2 Å². The zero-order valence-corrected chi connectivity index (χ0v) is 14.8. The summed E-state index contributed by atoms with van der Waals surface area (Å²) in [5.41, 5.74) is 0.799. The van der Waals surface area contributed by atoms with Gasteiger partial charge in [0.25, 0.3) is 0 Å². The number of aliphatic hydroxyl groups is 1. The lowest BCUT2D eigenvalue weighted by Crippen LogP contribution is -2.31. The predicted molar refractivity (Wildman–Crippen MR) is 91.1 cm³/mol. The van der Waals surface area contributed by atoms with Gasteiger partial charge in [0.05, 0.1) is 15.6 Å². The van der Waals surface area contributed by atoms with Gasteiger partial charge in [-0.1, -0.05) is 56.5 Å². The minimum absolute atomic E-state index is 0.328. The van der Waals surface area contributed by atoms with Crippen LogP contribution in [0, 0.1) is 11.3 Å². The summed E-state index contributed by atoms with van der Waals surface area (Å²) in [6, 6.07) is 5.67. The van der Waals surface area contributed by atoms with Crippen molar-refractivity contribution in [1.29, 1.82) is 0 Å². The summed E-state index contributed by atoms with van der Waals surface area (Å²) in [4.78, 5) is 0. The van der Waals surface area contributed by atoms with Crippen LogP contribution in [0.25, 0.3) is 0 Å². The molecule has 2 unspecified atom stereocenters. The Morgan fingerprint density at radius 3 is 2.48 bits per heavy atom. The minimum Gasteiger partial charge on any atom is -0.390 e. The third-order valence-electron chi connectivity index (χ3n) is 4.89. The number of hydrogen-bond acceptors (Lipinski definition) is 1. The molecule has 0 spiro atoms. The summed E-state index contributed by atoms with van der Waals surface area (Å²) in [6.45, 7) is 6.92. The van der Waals surface area contributed by atoms with Crippen molar-refractivity contribution in [3.8, 4) is 0 Å². The van der Waals surface area contributed by atoms with Gasteiger partial charge in [-0.15, -0.1) is 0 Å². The Balaban J connectivity index is 2.06. The average molecular weight is 329 g/mol. The molecule has 0 aliphatic heterocycles. The molecule has 1 nitrogen and oxygen atoms in total. The van der Waals surface area contributed by atoms with Crippen LogP contribution >= 0.6 is 23.2 Å². The predicted octanol–water partition coefficient (Wildman–Crippen LogP) is 5.89. The molecule has 3 heteroatoms. The summed E-state index contributed by atoms with van der Waals surface area (Å²) >= 11 is 12.0. The molecule has 2 rings (SSSR count). The van der Waals surface area contributed by atoms with Crippen molar-refractivity contribution in [2.24, 2.45) is 11.3 Å². The molecule has 1 N–H and O–H groups in total. The maximum atomic E-state index is 11.0. The van der Waals surface area contributed by atoms with Crippen LogP contribution in [0.5, 0.6) is 0 Å². The van der Waals surface area contributed by atoms with E-state index in [1.54, 1.807) is 0 Å². The highest BCUT2D eigenvalue weighted by atomic mass is 35.5. The molecular weight excluding hydrogens is 303 g/mol. The first-order chi connectivity index (χ1) is 9.70. The molecule has 1 aromatic rings. The monoisotopic (exact) mass is 328 g/mol. The molecular formula is C18H26Cl2O. The summed E-state index contributed by atoms with van der Waals surface area (Å²) < 4.78 is 0. The van der Waals surface area contributed by atoms with E-state index in [9.17, 15) is 5.11 Å². The average Bonchev–Trinajstić information content (AvgIpc) is 2.55. The van der Waals surface area contributed by atoms with Crippen LogP contribution in [0.4, 0.5) is 0 Å². The smallest absolute Gasteiger partial charge is 0.0688 e. The van der Waals surface area contributed by atoms with Crippen molar-refractivity contribution in [3.05, 3.63) is 33.8 Å². The Hall–Kier alpha value is -0.240. The Labute approximate surface area is 138 Å². The number of benzene rings is 1. The normalized spacial score (nSPS) is 27.4. The summed E-state index contributed by atoms with van der Waals surface area (Å²) in [5, 5.41) is 12.1. The Morgan fingerprint density at radius 2 is 1.86 bits per heavy atom. The second-order valence-electron chi connectivity index (χ2n) is 7.64. The van der Waals surface area contributed by atoms with Gasteiger partial charge in [0, 0.05) is 6.42 Å². The molecule has 0 aromatic heterocycles. The highest BCUT2D eigenvalue weighted by molar-refractivity contribution is 6.42. The van der Waals surface area contributed by atoms with Gasteiger partial charge in [-0.05, 0) is 54.7 Å². The molecule has 2 atom stereocenters. The second kappa shape index (κ2) is 6.48. The number of hydrogen-bond donors (Lipinski definition) is 1. The van der Waals surface area contributed by atoms with Crippen LogP contribution in [-0.2, 0) is 6.42 Å². The second-order valence-corrected chi connectivity index (χ2v) is 8.46. The Kier molecular flexibility index (Phi) is 5.28. The maximum Gasteiger partial charge on any atom is 0.0688 e. The highest BCUT2D eigenvalue weighted by Gasteiger charge is 2.34. The lowest BCUT2D eigenvalue weighted by Gasteiger charge is -2.31. The van der Waals surface area contributed by atoms with Crippen molar-refractivity contribution >= 4 is 23.2 Å². The number of rotatable bonds is 2. The molecule has 1 aliphatic rings. The van der Waals surface area contributed by atoms with Gasteiger partial charge >= 0.3 is 0 Å². The van der Waals surface area contributed by atoms with E-state index in [2.05, 4.69) is 20.8 Å². The third kappa shape index (κ3) is 4.61. The van der Waals surface area contributed by atoms with Crippen LogP contribution in [0.2, 0.25) is 10.0 Å². The SMILES string of the molecule is CC(C)(C)C1CCCC(O)(Cc2ccc(Cl)c(Cl)c2)CC1. The molecule has 118 valence electrons. The van der Waals surface area contributed by atoms with E-state index in [4.69, 9.17) is 23.2 Å². The highest BCUT2D eigenvalue weighted by Crippen LogP contribution is 2.41. The van der Waals surface area contributed by atoms with Crippen LogP contribution in [0.3, 0.4) is 0 Å². The molecule has 0 amide bonds. The largest absolute Gasteiger partial charge is 0.390 e. The van der Waals surface area contributed by atoms with Crippen LogP contribution in [-0.4, -0.2) is 10.7 Å². The topological polar surface area (TPSA) is 20.2 Å². The van der Waals surface area contributed by atoms with E-state index in [0.29, 0.717) is 27.8 Å². The molecule has 0 heterocycles. The van der Waals surface area contributed by atoms with E-state index in [0.717, 1.165) is 31.2 Å². The minimum atomic E-state index is -0.600. The van der Waals surface area contributed by atoms with Gasteiger partial charge in [0.1, 0.15) is 0 Å². The summed E-state index contributed by atoms with van der Waals surface area (Å²) in [7, 11) is 0. The van der Waals surface area contributed by atoms with Crippen LogP contribution in [0.1, 0.15) is 58.4 Å². The summed E-state index contributed by atoms with van der Waals surface area (Å²) in [6.07, 6.45) is 5.82. The fraction of sp³-hybridized carbons (Fsp3) is 0.667. The van der Waals surface area contributed by atoms with E-state index in [1.807, 2.05) is 18.2 Å². The van der Waals surface area contributed by atoms with Crippen molar-refractivity contribution < 1.29 is 5.11 Å². The van der Waals surface area contributed by atoms with E-state index in [-0.39, 0.29) is 0 Å². The molecule has 1 aromatic carbocycles. The lowest BCUT2D eigenvalue weighted by molar-refractivity contribution is 0.0225. The maximum absolute atomic E-state index is 11.0. The van der Waals surface area contributed by atoms with Crippen molar-refractivity contribution in [3.63, 3.8) is 0 Å². The fourth-order valence-electron chi connectivity index (χ4n) is 3.46. The molecule has 1 aliphatic carbocycles. The quantitative estimate of drug-likeness (QED) is 0.670. The van der Waals surface area contributed by atoms with E-state index < -0.39 is 5.60 Å². The van der Waals surface area contributed by atoms with Crippen molar-refractivity contribution in [2.75, 3.05) is 0 Å². The Bertz CT molecular complexity index is 492. The number of halogens is 2. The molecule has 0 radical (unpaired) electrons. The molecule has 0 saturated heterocycles. The molecule has 1 saturated carbocycles. The van der Waals surface area contributed by atoms with Gasteiger partial charge < -0.3 is 5.11 Å². The van der Waals surface area contributed by atoms with Crippen LogP contribution < -0.4 is 0 Å². The fourth-order valence-corrected chi connectivity index (χ4v) is 3.78. The lowest BCUT2D eigenvalue weighted by atomic mass is 9.76. The first-order valence-corrected chi connectivity index (χ1v) is 8.61. The standard InChI is InChI=1S/C18H26Cl2O/c1-17(2,3)14-5-4-9-18(21,10-8-14)12-13-6-7-15(19)16(20)11-13/h6-7,11,14,21H,4-5,8-10,12H2,1-3H3. The third-order valence-corrected chi connectivity index (χ3v) is 5.63. The molecule has 0 bridgehead atoms. The van der Waals surface area contributed by atoms with Crippen molar-refractivity contribution in [1.82, 2.24) is 0 Å². The van der Waals surface area contributed by atoms with E-state index >= 15 is 0 Å². The van der Waals surface area contributed by atoms with Gasteiger partial charge in [-0.25, -0.2) is 0 Å². The summed E-state index contributed by atoms with van der Waals surface area (Å²) in [5.74, 6) is 0.695. The van der Waals surface area contributed by atoms with Gasteiger partial charge in [-0.2, -0.15) is 0 Å². The molecule has 21 heavy (non-hydrogen) atoms. The molecule has 1 fully saturated rings. The zero-order chi connectivity index (χ0) is 15.7. The van der Waals surface area contributed by atoms with Gasteiger partial charge in [0.15, 0.2) is 0 Å². The van der Waals surface area contributed by atoms with Gasteiger partial charge in [-0.3, -0.25) is 0 Å². The first kappa shape index (κ1) is 17.1.